The molecule has 0 rings (SSSR count). The van der Waals surface area contributed by atoms with Gasteiger partial charge in [-0.05, 0) is 24.9 Å². The molecule has 0 aromatic heterocycles. The minimum Gasteiger partial charge on any atom is -0.103 e. The third-order valence-electron chi connectivity index (χ3n) is 1.85. The van der Waals surface area contributed by atoms with Crippen LogP contribution in [0, 0.1) is 0 Å². The molecular weight excluding hydrogens is 163 g/mol. The first-order chi connectivity index (χ1) is 5.85. The van der Waals surface area contributed by atoms with Crippen LogP contribution in [0.3, 0.4) is 0 Å². The molecule has 0 spiro atoms. The lowest BCUT2D eigenvalue weighted by Gasteiger charge is -2.12. The molecule has 0 aliphatic carbocycles. The maximum atomic E-state index is 3.79. The molecule has 70 valence electrons. The summed E-state index contributed by atoms with van der Waals surface area (Å²) in [4.78, 5) is 0. The zero-order chi connectivity index (χ0) is 9.23. The normalized spacial score (nSPS) is 10.2. The second-order valence-corrected chi connectivity index (χ2v) is 5.56. The largest absolute Gasteiger partial charge is 0.103 e. The molecule has 0 heterocycles. The molecule has 0 aliphatic rings. The van der Waals surface area contributed by atoms with Gasteiger partial charge >= 0.3 is 0 Å². The predicted molar refractivity (Wildman–Crippen MR) is 61.4 cm³/mol. The molecule has 0 saturated carbocycles. The second-order valence-electron chi connectivity index (χ2n) is 3.04. The SMILES string of the molecule is C=CCP(CC=C)CCCCC. The average Bonchev–Trinajstić information content (AvgIpc) is 2.06. The van der Waals surface area contributed by atoms with E-state index in [4.69, 9.17) is 0 Å². The highest BCUT2D eigenvalue weighted by atomic mass is 31.1. The maximum absolute atomic E-state index is 3.79. The van der Waals surface area contributed by atoms with Crippen LogP contribution in [0.15, 0.2) is 25.3 Å². The molecule has 0 amide bonds. The maximum Gasteiger partial charge on any atom is -0.0145 e. The molecule has 0 bridgehead atoms. The molecule has 0 unspecified atom stereocenters. The van der Waals surface area contributed by atoms with Crippen LogP contribution in [0.2, 0.25) is 0 Å². The minimum absolute atomic E-state index is 0.191. The Kier molecular flexibility index (Phi) is 8.93. The van der Waals surface area contributed by atoms with Crippen LogP contribution in [0.5, 0.6) is 0 Å². The summed E-state index contributed by atoms with van der Waals surface area (Å²) in [5.74, 6) is 0. The number of hydrogen-bond acceptors (Lipinski definition) is 0. The Morgan fingerprint density at radius 1 is 1.08 bits per heavy atom. The zero-order valence-corrected chi connectivity index (χ0v) is 9.15. The number of unbranched alkanes of at least 4 members (excludes halogenated alkanes) is 2. The summed E-state index contributed by atoms with van der Waals surface area (Å²) >= 11 is 0. The molecule has 12 heavy (non-hydrogen) atoms. The van der Waals surface area contributed by atoms with Gasteiger partial charge in [0.05, 0.1) is 0 Å². The van der Waals surface area contributed by atoms with E-state index in [0.717, 1.165) is 0 Å². The van der Waals surface area contributed by atoms with E-state index in [1.807, 2.05) is 0 Å². The van der Waals surface area contributed by atoms with Crippen molar-refractivity contribution in [2.75, 3.05) is 18.5 Å². The van der Waals surface area contributed by atoms with E-state index in [-0.39, 0.29) is 7.92 Å². The van der Waals surface area contributed by atoms with Gasteiger partial charge in [0, 0.05) is 0 Å². The Labute approximate surface area is 78.5 Å². The Bertz CT molecular complexity index is 108. The van der Waals surface area contributed by atoms with Gasteiger partial charge in [0.15, 0.2) is 0 Å². The van der Waals surface area contributed by atoms with Crippen molar-refractivity contribution in [3.05, 3.63) is 25.3 Å². The van der Waals surface area contributed by atoms with E-state index >= 15 is 0 Å². The topological polar surface area (TPSA) is 0 Å². The highest BCUT2D eigenvalue weighted by molar-refractivity contribution is 7.58. The Balaban J connectivity index is 3.47. The monoisotopic (exact) mass is 184 g/mol. The van der Waals surface area contributed by atoms with Crippen molar-refractivity contribution in [1.82, 2.24) is 0 Å². The molecule has 0 nitrogen and oxygen atoms in total. The van der Waals surface area contributed by atoms with Crippen molar-refractivity contribution in [2.45, 2.75) is 26.2 Å². The Hall–Kier alpha value is -0.0900. The van der Waals surface area contributed by atoms with Crippen LogP contribution >= 0.6 is 7.92 Å². The van der Waals surface area contributed by atoms with E-state index < -0.39 is 0 Å². The van der Waals surface area contributed by atoms with E-state index in [1.165, 1.54) is 37.7 Å². The summed E-state index contributed by atoms with van der Waals surface area (Å²) in [6.45, 7) is 9.84. The smallest absolute Gasteiger partial charge is 0.0145 e. The van der Waals surface area contributed by atoms with Gasteiger partial charge < -0.3 is 0 Å². The first-order valence-electron chi connectivity index (χ1n) is 4.79. The van der Waals surface area contributed by atoms with Gasteiger partial charge in [0.25, 0.3) is 0 Å². The van der Waals surface area contributed by atoms with Crippen LogP contribution in [0.25, 0.3) is 0 Å². The van der Waals surface area contributed by atoms with Gasteiger partial charge in [-0.25, -0.2) is 0 Å². The van der Waals surface area contributed by atoms with Crippen LogP contribution in [-0.4, -0.2) is 18.5 Å². The molecule has 0 saturated heterocycles. The highest BCUT2D eigenvalue weighted by Crippen LogP contribution is 2.36. The molecular formula is C11H21P. The van der Waals surface area contributed by atoms with Crippen LogP contribution in [-0.2, 0) is 0 Å². The summed E-state index contributed by atoms with van der Waals surface area (Å²) in [6.07, 6.45) is 12.0. The van der Waals surface area contributed by atoms with Crippen molar-refractivity contribution >= 4 is 7.92 Å². The van der Waals surface area contributed by atoms with Crippen molar-refractivity contribution in [3.8, 4) is 0 Å². The van der Waals surface area contributed by atoms with Crippen LogP contribution < -0.4 is 0 Å². The summed E-state index contributed by atoms with van der Waals surface area (Å²) < 4.78 is 0. The molecule has 0 aliphatic heterocycles. The van der Waals surface area contributed by atoms with Gasteiger partial charge in [-0.15, -0.1) is 13.2 Å². The molecule has 0 atom stereocenters. The third-order valence-corrected chi connectivity index (χ3v) is 4.35. The number of hydrogen-bond donors (Lipinski definition) is 0. The van der Waals surface area contributed by atoms with E-state index in [1.54, 1.807) is 0 Å². The fourth-order valence-electron chi connectivity index (χ4n) is 1.21. The van der Waals surface area contributed by atoms with E-state index in [2.05, 4.69) is 32.2 Å². The van der Waals surface area contributed by atoms with Crippen LogP contribution in [0.1, 0.15) is 26.2 Å². The highest BCUT2D eigenvalue weighted by Gasteiger charge is 2.02. The van der Waals surface area contributed by atoms with Crippen molar-refractivity contribution < 1.29 is 0 Å². The molecule has 0 N–H and O–H groups in total. The lowest BCUT2D eigenvalue weighted by Crippen LogP contribution is -1.91. The van der Waals surface area contributed by atoms with Gasteiger partial charge in [-0.2, -0.15) is 0 Å². The molecule has 1 heteroatoms. The molecule has 0 aromatic carbocycles. The Morgan fingerprint density at radius 3 is 2.08 bits per heavy atom. The lowest BCUT2D eigenvalue weighted by molar-refractivity contribution is 0.775. The summed E-state index contributed by atoms with van der Waals surface area (Å²) in [5, 5.41) is 0. The van der Waals surface area contributed by atoms with E-state index in [0.29, 0.717) is 0 Å². The van der Waals surface area contributed by atoms with Gasteiger partial charge in [-0.3, -0.25) is 0 Å². The van der Waals surface area contributed by atoms with Gasteiger partial charge in [0.1, 0.15) is 0 Å². The average molecular weight is 184 g/mol. The first-order valence-corrected chi connectivity index (χ1v) is 6.69. The fourth-order valence-corrected chi connectivity index (χ4v) is 3.12. The lowest BCUT2D eigenvalue weighted by atomic mass is 10.3. The molecule has 0 radical (unpaired) electrons. The molecule has 0 aromatic rings. The predicted octanol–water partition coefficient (Wildman–Crippen LogP) is 4.03. The zero-order valence-electron chi connectivity index (χ0n) is 8.26. The summed E-state index contributed by atoms with van der Waals surface area (Å²) in [7, 11) is 0.191. The number of allylic oxidation sites excluding steroid dienone is 2. The van der Waals surface area contributed by atoms with Crippen molar-refractivity contribution in [2.24, 2.45) is 0 Å². The van der Waals surface area contributed by atoms with Crippen LogP contribution in [0.4, 0.5) is 0 Å². The van der Waals surface area contributed by atoms with Crippen molar-refractivity contribution in [3.63, 3.8) is 0 Å². The fraction of sp³-hybridized carbons (Fsp3) is 0.636. The Morgan fingerprint density at radius 2 is 1.67 bits per heavy atom. The van der Waals surface area contributed by atoms with Gasteiger partial charge in [-0.1, -0.05) is 39.8 Å². The summed E-state index contributed by atoms with van der Waals surface area (Å²) in [5.41, 5.74) is 0. The number of rotatable bonds is 8. The summed E-state index contributed by atoms with van der Waals surface area (Å²) in [6, 6.07) is 0. The standard InChI is InChI=1S/C11H21P/c1-4-7-8-11-12(9-5-2)10-6-3/h5-6H,2-4,7-11H2,1H3. The minimum atomic E-state index is 0.191. The van der Waals surface area contributed by atoms with Crippen molar-refractivity contribution in [1.29, 1.82) is 0 Å². The van der Waals surface area contributed by atoms with E-state index in [9.17, 15) is 0 Å². The molecule has 0 fully saturated rings. The quantitative estimate of drug-likeness (QED) is 0.303. The first kappa shape index (κ1) is 11.9. The van der Waals surface area contributed by atoms with Gasteiger partial charge in [0.2, 0.25) is 0 Å². The second kappa shape index (κ2) is 9.00. The third kappa shape index (κ3) is 6.61.